The maximum Gasteiger partial charge on any atom is 0.208 e. The molecule has 0 aromatic carbocycles. The molecular weight excluding hydrogens is 304 g/mol. The van der Waals surface area contributed by atoms with Gasteiger partial charge in [-0.1, -0.05) is 11.6 Å². The van der Waals surface area contributed by atoms with E-state index >= 15 is 0 Å². The quantitative estimate of drug-likeness (QED) is 0.652. The summed E-state index contributed by atoms with van der Waals surface area (Å²) in [4.78, 5) is 16.7. The van der Waals surface area contributed by atoms with Crippen LogP contribution >= 0.6 is 11.6 Å². The minimum atomic E-state index is -0.938. The first kappa shape index (κ1) is 13.5. The van der Waals surface area contributed by atoms with E-state index < -0.39 is 6.35 Å². The fourth-order valence-corrected chi connectivity index (χ4v) is 3.25. The van der Waals surface area contributed by atoms with Gasteiger partial charge in [0.05, 0.1) is 17.9 Å². The number of aliphatic hydroxyl groups is 1. The van der Waals surface area contributed by atoms with Gasteiger partial charge in [-0.2, -0.15) is 0 Å². The lowest BCUT2D eigenvalue weighted by molar-refractivity contribution is 0.184. The molecule has 2 bridgehead atoms. The summed E-state index contributed by atoms with van der Waals surface area (Å²) in [5.74, 6) is 1.21. The van der Waals surface area contributed by atoms with Crippen LogP contribution in [0.5, 0.6) is 0 Å². The van der Waals surface area contributed by atoms with Gasteiger partial charge in [0.2, 0.25) is 6.35 Å². The van der Waals surface area contributed by atoms with E-state index in [1.807, 2.05) is 11.0 Å². The third-order valence-corrected chi connectivity index (χ3v) is 4.28. The molecule has 1 fully saturated rings. The van der Waals surface area contributed by atoms with Crippen molar-refractivity contribution in [2.75, 3.05) is 28.2 Å². The van der Waals surface area contributed by atoms with Crippen LogP contribution in [0.3, 0.4) is 0 Å². The van der Waals surface area contributed by atoms with Crippen molar-refractivity contribution in [3.8, 4) is 0 Å². The number of pyridine rings is 1. The minimum Gasteiger partial charge on any atom is -0.366 e. The van der Waals surface area contributed by atoms with Crippen LogP contribution in [0.15, 0.2) is 30.7 Å². The zero-order valence-corrected chi connectivity index (χ0v) is 12.5. The maximum atomic E-state index is 10.6. The zero-order valence-electron chi connectivity index (χ0n) is 11.7. The Morgan fingerprint density at radius 2 is 2.27 bits per heavy atom. The highest BCUT2D eigenvalue weighted by atomic mass is 35.5. The Bertz CT molecular complexity index is 684. The van der Waals surface area contributed by atoms with E-state index in [0.29, 0.717) is 16.8 Å². The number of aromatic nitrogens is 3. The molecule has 7 nitrogen and oxygen atoms in total. The van der Waals surface area contributed by atoms with Gasteiger partial charge >= 0.3 is 0 Å². The SMILES string of the molecule is OC(Nc1cnccn1)N1c2nc(Cl)ccc2N2CC[C@H]1C2. The molecule has 0 amide bonds. The highest BCUT2D eigenvalue weighted by molar-refractivity contribution is 6.29. The van der Waals surface area contributed by atoms with Crippen molar-refractivity contribution in [1.29, 1.82) is 0 Å². The van der Waals surface area contributed by atoms with Crippen LogP contribution in [0.1, 0.15) is 6.42 Å². The number of halogens is 1. The van der Waals surface area contributed by atoms with Gasteiger partial charge in [-0.3, -0.25) is 4.98 Å². The number of rotatable bonds is 3. The van der Waals surface area contributed by atoms with Crippen molar-refractivity contribution in [3.05, 3.63) is 35.9 Å². The summed E-state index contributed by atoms with van der Waals surface area (Å²) in [6.45, 7) is 1.82. The number of hydrogen-bond acceptors (Lipinski definition) is 7. The highest BCUT2D eigenvalue weighted by Crippen LogP contribution is 2.40. The molecule has 2 aliphatic heterocycles. The molecule has 8 heteroatoms. The van der Waals surface area contributed by atoms with Crippen LogP contribution in [-0.4, -0.2) is 45.5 Å². The van der Waals surface area contributed by atoms with E-state index in [0.717, 1.165) is 25.2 Å². The van der Waals surface area contributed by atoms with E-state index in [-0.39, 0.29) is 6.04 Å². The first-order valence-corrected chi connectivity index (χ1v) is 7.50. The summed E-state index contributed by atoms with van der Waals surface area (Å²) in [5.41, 5.74) is 0.998. The summed E-state index contributed by atoms with van der Waals surface area (Å²) in [6.07, 6.45) is 4.76. The van der Waals surface area contributed by atoms with Crippen molar-refractivity contribution in [3.63, 3.8) is 0 Å². The molecule has 2 N–H and O–H groups in total. The molecule has 2 aromatic rings. The van der Waals surface area contributed by atoms with Gasteiger partial charge in [0.25, 0.3) is 0 Å². The molecule has 2 atom stereocenters. The summed E-state index contributed by atoms with van der Waals surface area (Å²) in [5, 5.41) is 14.0. The van der Waals surface area contributed by atoms with Crippen molar-refractivity contribution in [1.82, 2.24) is 15.0 Å². The minimum absolute atomic E-state index is 0.192. The first-order valence-electron chi connectivity index (χ1n) is 7.13. The maximum absolute atomic E-state index is 10.6. The number of fused-ring (bicyclic) bond motifs is 4. The monoisotopic (exact) mass is 318 g/mol. The molecule has 4 heterocycles. The van der Waals surface area contributed by atoms with Crippen LogP contribution in [0.2, 0.25) is 5.15 Å². The normalized spacial score (nSPS) is 20.7. The lowest BCUT2D eigenvalue weighted by atomic mass is 10.2. The first-order chi connectivity index (χ1) is 10.7. The summed E-state index contributed by atoms with van der Waals surface area (Å²) >= 11 is 6.04. The summed E-state index contributed by atoms with van der Waals surface area (Å²) in [6, 6.07) is 3.92. The Hall–Kier alpha value is -2.12. The Morgan fingerprint density at radius 3 is 3.09 bits per heavy atom. The standard InChI is InChI=1S/C14H15ClN6O/c15-11-2-1-10-13(18-11)21(9-3-6-20(10)8-9)14(22)19-12-7-16-4-5-17-12/h1-2,4-5,7,9,14,22H,3,6,8H2,(H,17,19)/t9-,14?/m0/s1. The van der Waals surface area contributed by atoms with Crippen molar-refractivity contribution < 1.29 is 5.11 Å². The predicted molar refractivity (Wildman–Crippen MR) is 84.0 cm³/mol. The number of aliphatic hydroxyl groups excluding tert-OH is 1. The second kappa shape index (κ2) is 5.26. The van der Waals surface area contributed by atoms with Gasteiger partial charge in [-0.05, 0) is 18.6 Å². The summed E-state index contributed by atoms with van der Waals surface area (Å²) < 4.78 is 0. The highest BCUT2D eigenvalue weighted by Gasteiger charge is 2.40. The molecule has 22 heavy (non-hydrogen) atoms. The molecule has 0 radical (unpaired) electrons. The molecule has 4 rings (SSSR count). The van der Waals surface area contributed by atoms with Crippen LogP contribution in [0.4, 0.5) is 17.3 Å². The lowest BCUT2D eigenvalue weighted by Gasteiger charge is -2.40. The number of anilines is 3. The number of nitrogens with one attached hydrogen (secondary N) is 1. The second-order valence-electron chi connectivity index (χ2n) is 5.38. The smallest absolute Gasteiger partial charge is 0.208 e. The number of hydrogen-bond donors (Lipinski definition) is 2. The molecular formula is C14H15ClN6O. The zero-order chi connectivity index (χ0) is 15.1. The fraction of sp³-hybridized carbons (Fsp3) is 0.357. The van der Waals surface area contributed by atoms with Crippen LogP contribution in [0.25, 0.3) is 0 Å². The Kier molecular flexibility index (Phi) is 3.24. The van der Waals surface area contributed by atoms with Crippen LogP contribution in [-0.2, 0) is 0 Å². The van der Waals surface area contributed by atoms with E-state index in [2.05, 4.69) is 25.2 Å². The third kappa shape index (κ3) is 2.22. The number of nitrogens with zero attached hydrogens (tertiary/aromatic N) is 5. The van der Waals surface area contributed by atoms with E-state index in [9.17, 15) is 5.11 Å². The Balaban J connectivity index is 1.68. The Morgan fingerprint density at radius 1 is 1.36 bits per heavy atom. The predicted octanol–water partition coefficient (Wildman–Crippen LogP) is 1.31. The molecule has 114 valence electrons. The van der Waals surface area contributed by atoms with Crippen LogP contribution in [0, 0.1) is 0 Å². The summed E-state index contributed by atoms with van der Waals surface area (Å²) in [7, 11) is 0. The van der Waals surface area contributed by atoms with E-state index in [1.165, 1.54) is 0 Å². The van der Waals surface area contributed by atoms with E-state index in [4.69, 9.17) is 11.6 Å². The van der Waals surface area contributed by atoms with Crippen molar-refractivity contribution in [2.45, 2.75) is 18.8 Å². The van der Waals surface area contributed by atoms with Crippen molar-refractivity contribution >= 4 is 28.9 Å². The van der Waals surface area contributed by atoms with E-state index in [1.54, 1.807) is 24.7 Å². The topological polar surface area (TPSA) is 77.4 Å². The molecule has 1 saturated heterocycles. The molecule has 0 spiro atoms. The largest absolute Gasteiger partial charge is 0.366 e. The average Bonchev–Trinajstić information content (AvgIpc) is 2.93. The molecule has 2 aromatic heterocycles. The van der Waals surface area contributed by atoms with Gasteiger partial charge in [-0.15, -0.1) is 0 Å². The lowest BCUT2D eigenvalue weighted by Crippen LogP contribution is -2.51. The van der Waals surface area contributed by atoms with Gasteiger partial charge in [0.15, 0.2) is 5.82 Å². The van der Waals surface area contributed by atoms with Gasteiger partial charge in [-0.25, -0.2) is 9.97 Å². The van der Waals surface area contributed by atoms with Crippen molar-refractivity contribution in [2.24, 2.45) is 0 Å². The fourth-order valence-electron chi connectivity index (χ4n) is 3.11. The van der Waals surface area contributed by atoms with Gasteiger partial charge in [0.1, 0.15) is 11.0 Å². The molecule has 1 unspecified atom stereocenters. The Labute approximate surface area is 132 Å². The average molecular weight is 319 g/mol. The van der Waals surface area contributed by atoms with Gasteiger partial charge in [0, 0.05) is 25.5 Å². The van der Waals surface area contributed by atoms with Crippen LogP contribution < -0.4 is 15.1 Å². The second-order valence-corrected chi connectivity index (χ2v) is 5.77. The molecule has 2 aliphatic rings. The molecule has 0 aliphatic carbocycles. The third-order valence-electron chi connectivity index (χ3n) is 4.07. The van der Waals surface area contributed by atoms with Gasteiger partial charge < -0.3 is 20.2 Å². The molecule has 0 saturated carbocycles.